The molecule has 2 heterocycles. The van der Waals surface area contributed by atoms with E-state index in [2.05, 4.69) is 36.0 Å². The molecule has 0 fully saturated rings. The van der Waals surface area contributed by atoms with E-state index in [1.54, 1.807) is 24.2 Å². The van der Waals surface area contributed by atoms with E-state index in [1.165, 1.54) is 4.90 Å². The highest BCUT2D eigenvalue weighted by molar-refractivity contribution is 7.99. The normalized spacial score (nSPS) is 11.4. The van der Waals surface area contributed by atoms with Crippen molar-refractivity contribution in [3.8, 4) is 11.1 Å². The maximum Gasteiger partial charge on any atom is 0.325 e. The van der Waals surface area contributed by atoms with Gasteiger partial charge < -0.3 is 11.5 Å². The lowest BCUT2D eigenvalue weighted by atomic mass is 9.87. The second-order valence-corrected chi connectivity index (χ2v) is 9.77. The van der Waals surface area contributed by atoms with Crippen molar-refractivity contribution in [3.05, 3.63) is 78.8 Å². The fourth-order valence-corrected chi connectivity index (χ4v) is 4.37. The molecular weight excluding hydrogens is 432 g/mol. The molecular formula is C25H26N6OS. The zero-order valence-electron chi connectivity index (χ0n) is 18.7. The Morgan fingerprint density at radius 1 is 1.00 bits per heavy atom. The number of urea groups is 1. The van der Waals surface area contributed by atoms with E-state index in [0.29, 0.717) is 17.2 Å². The number of nitrogens with zero attached hydrogens (tertiary/aromatic N) is 3. The molecule has 7 nitrogen and oxygen atoms in total. The van der Waals surface area contributed by atoms with Gasteiger partial charge in [-0.25, -0.2) is 9.69 Å². The first-order valence-corrected chi connectivity index (χ1v) is 11.3. The Kier molecular flexibility index (Phi) is 6.11. The average Bonchev–Trinajstić information content (AvgIpc) is 3.21. The summed E-state index contributed by atoms with van der Waals surface area (Å²) in [6.07, 6.45) is 3.52. The SMILES string of the molecule is CC(C)(C)c1[nH]nc(N(C(N)=O)c2ccc(Sc3ccncc3)cc2)c1-c1cccc(N)c1. The van der Waals surface area contributed by atoms with E-state index in [4.69, 9.17) is 11.5 Å². The number of aromatic amines is 1. The summed E-state index contributed by atoms with van der Waals surface area (Å²) in [5, 5.41) is 7.66. The summed E-state index contributed by atoms with van der Waals surface area (Å²) < 4.78 is 0. The van der Waals surface area contributed by atoms with Gasteiger partial charge in [0.25, 0.3) is 0 Å². The number of anilines is 3. The van der Waals surface area contributed by atoms with E-state index >= 15 is 0 Å². The van der Waals surface area contributed by atoms with Gasteiger partial charge in [-0.05, 0) is 54.1 Å². The molecule has 0 radical (unpaired) electrons. The maximum absolute atomic E-state index is 12.6. The molecule has 0 spiro atoms. The lowest BCUT2D eigenvalue weighted by Gasteiger charge is -2.23. The molecule has 4 rings (SSSR count). The largest absolute Gasteiger partial charge is 0.399 e. The third-order valence-corrected chi connectivity index (χ3v) is 6.10. The Bertz CT molecular complexity index is 1260. The molecule has 0 unspecified atom stereocenters. The first-order chi connectivity index (χ1) is 15.7. The van der Waals surface area contributed by atoms with Crippen molar-refractivity contribution in [2.75, 3.05) is 10.6 Å². The van der Waals surface area contributed by atoms with Crippen LogP contribution in [0, 0.1) is 0 Å². The number of hydrogen-bond acceptors (Lipinski definition) is 5. The first-order valence-electron chi connectivity index (χ1n) is 10.5. The third-order valence-electron chi connectivity index (χ3n) is 5.09. The monoisotopic (exact) mass is 458 g/mol. The van der Waals surface area contributed by atoms with Crippen molar-refractivity contribution >= 4 is 35.0 Å². The Morgan fingerprint density at radius 3 is 2.27 bits per heavy atom. The molecule has 2 amide bonds. The fraction of sp³-hybridized carbons (Fsp3) is 0.160. The number of nitrogen functional groups attached to an aromatic ring is 1. The molecule has 0 bridgehead atoms. The number of hydrogen-bond donors (Lipinski definition) is 3. The van der Waals surface area contributed by atoms with Crippen LogP contribution < -0.4 is 16.4 Å². The van der Waals surface area contributed by atoms with Gasteiger partial charge in [-0.1, -0.05) is 44.7 Å². The molecule has 0 saturated heterocycles. The minimum Gasteiger partial charge on any atom is -0.399 e. The number of nitrogens with two attached hydrogens (primary N) is 2. The molecule has 5 N–H and O–H groups in total. The first kappa shape index (κ1) is 22.4. The molecule has 168 valence electrons. The minimum atomic E-state index is -0.623. The van der Waals surface area contributed by atoms with Crippen LogP contribution in [0.4, 0.5) is 22.0 Å². The number of rotatable bonds is 5. The Hall–Kier alpha value is -3.78. The summed E-state index contributed by atoms with van der Waals surface area (Å²) in [6.45, 7) is 6.25. The van der Waals surface area contributed by atoms with Gasteiger partial charge in [0.05, 0.1) is 11.4 Å². The predicted octanol–water partition coefficient (Wildman–Crippen LogP) is 5.72. The van der Waals surface area contributed by atoms with E-state index in [1.807, 2.05) is 60.7 Å². The zero-order chi connectivity index (χ0) is 23.6. The van der Waals surface area contributed by atoms with Gasteiger partial charge in [0.1, 0.15) is 0 Å². The maximum atomic E-state index is 12.6. The van der Waals surface area contributed by atoms with Crippen LogP contribution in [0.25, 0.3) is 11.1 Å². The number of carbonyl (C=O) groups is 1. The molecule has 0 aliphatic carbocycles. The number of amides is 2. The zero-order valence-corrected chi connectivity index (χ0v) is 19.6. The quantitative estimate of drug-likeness (QED) is 0.331. The molecule has 8 heteroatoms. The van der Waals surface area contributed by atoms with Gasteiger partial charge in [-0.15, -0.1) is 0 Å². The minimum absolute atomic E-state index is 0.250. The second kappa shape index (κ2) is 8.99. The van der Waals surface area contributed by atoms with Crippen molar-refractivity contribution in [2.45, 2.75) is 36.0 Å². The summed E-state index contributed by atoms with van der Waals surface area (Å²) in [5.41, 5.74) is 15.5. The summed E-state index contributed by atoms with van der Waals surface area (Å²) in [6, 6.07) is 18.4. The number of nitrogens with one attached hydrogen (secondary N) is 1. The highest BCUT2D eigenvalue weighted by Gasteiger charge is 2.30. The molecule has 0 aliphatic heterocycles. The van der Waals surface area contributed by atoms with Gasteiger partial charge in [0.15, 0.2) is 5.82 Å². The van der Waals surface area contributed by atoms with E-state index in [0.717, 1.165) is 26.6 Å². The average molecular weight is 459 g/mol. The van der Waals surface area contributed by atoms with Crippen molar-refractivity contribution in [1.29, 1.82) is 0 Å². The summed E-state index contributed by atoms with van der Waals surface area (Å²) in [7, 11) is 0. The molecule has 2 aromatic heterocycles. The van der Waals surface area contributed by atoms with Crippen molar-refractivity contribution in [3.63, 3.8) is 0 Å². The number of benzene rings is 2. The van der Waals surface area contributed by atoms with Crippen molar-refractivity contribution in [2.24, 2.45) is 5.73 Å². The summed E-state index contributed by atoms with van der Waals surface area (Å²) in [5.74, 6) is 0.438. The third kappa shape index (κ3) is 4.85. The lowest BCUT2D eigenvalue weighted by molar-refractivity contribution is 0.256. The molecule has 0 aliphatic rings. The van der Waals surface area contributed by atoms with Crippen LogP contribution in [0.5, 0.6) is 0 Å². The fourth-order valence-electron chi connectivity index (χ4n) is 3.56. The highest BCUT2D eigenvalue weighted by atomic mass is 32.2. The molecule has 0 atom stereocenters. The van der Waals surface area contributed by atoms with Gasteiger partial charge in [-0.3, -0.25) is 10.1 Å². The van der Waals surface area contributed by atoms with Crippen LogP contribution in [0.3, 0.4) is 0 Å². The van der Waals surface area contributed by atoms with Gasteiger partial charge in [0.2, 0.25) is 0 Å². The van der Waals surface area contributed by atoms with Crippen LogP contribution in [0.2, 0.25) is 0 Å². The van der Waals surface area contributed by atoms with Crippen LogP contribution in [-0.2, 0) is 5.41 Å². The topological polar surface area (TPSA) is 114 Å². The predicted molar refractivity (Wildman–Crippen MR) is 134 cm³/mol. The van der Waals surface area contributed by atoms with Crippen molar-refractivity contribution in [1.82, 2.24) is 15.2 Å². The highest BCUT2D eigenvalue weighted by Crippen LogP contribution is 2.41. The van der Waals surface area contributed by atoms with E-state index in [9.17, 15) is 4.79 Å². The Morgan fingerprint density at radius 2 is 1.67 bits per heavy atom. The van der Waals surface area contributed by atoms with Gasteiger partial charge >= 0.3 is 6.03 Å². The van der Waals surface area contributed by atoms with Crippen LogP contribution in [-0.4, -0.2) is 21.2 Å². The smallest absolute Gasteiger partial charge is 0.325 e. The van der Waals surface area contributed by atoms with Gasteiger partial charge in [0, 0.05) is 38.9 Å². The second-order valence-electron chi connectivity index (χ2n) is 8.63. The number of H-pyrrole nitrogens is 1. The Labute approximate surface area is 197 Å². The van der Waals surface area contributed by atoms with Crippen molar-refractivity contribution < 1.29 is 4.79 Å². The molecule has 4 aromatic rings. The Balaban J connectivity index is 1.77. The molecule has 0 saturated carbocycles. The van der Waals surface area contributed by atoms with Gasteiger partial charge in [-0.2, -0.15) is 5.10 Å². The summed E-state index contributed by atoms with van der Waals surface area (Å²) >= 11 is 1.61. The number of pyridine rings is 1. The molecule has 2 aromatic carbocycles. The number of aromatic nitrogens is 3. The van der Waals surface area contributed by atoms with Crippen LogP contribution >= 0.6 is 11.8 Å². The number of primary amides is 1. The molecule has 33 heavy (non-hydrogen) atoms. The standard InChI is InChI=1S/C25H26N6OS/c1-25(2,3)22-21(16-5-4-6-17(26)15-16)23(30-29-22)31(24(27)32)18-7-9-19(10-8-18)33-20-11-13-28-14-12-20/h4-15H,26H2,1-3H3,(H2,27,32)(H,29,30). The van der Waals surface area contributed by atoms with Crippen LogP contribution in [0.15, 0.2) is 82.8 Å². The van der Waals surface area contributed by atoms with E-state index in [-0.39, 0.29) is 5.41 Å². The van der Waals surface area contributed by atoms with Crippen LogP contribution in [0.1, 0.15) is 26.5 Å². The summed E-state index contributed by atoms with van der Waals surface area (Å²) in [4.78, 5) is 20.2. The van der Waals surface area contributed by atoms with E-state index < -0.39 is 6.03 Å². The number of carbonyl (C=O) groups excluding carboxylic acids is 1. The lowest BCUT2D eigenvalue weighted by Crippen LogP contribution is -2.32.